The van der Waals surface area contributed by atoms with E-state index in [9.17, 15) is 0 Å². The van der Waals surface area contributed by atoms with Crippen LogP contribution in [0.5, 0.6) is 0 Å². The molecule has 0 atom stereocenters. The fourth-order valence-corrected chi connectivity index (χ4v) is 1.81. The molecule has 0 spiro atoms. The Morgan fingerprint density at radius 1 is 1.33 bits per heavy atom. The second-order valence-electron chi connectivity index (χ2n) is 4.11. The Morgan fingerprint density at radius 3 is 2.87 bits per heavy atom. The van der Waals surface area contributed by atoms with Gasteiger partial charge in [-0.15, -0.1) is 0 Å². The quantitative estimate of drug-likeness (QED) is 0.660. The van der Waals surface area contributed by atoms with E-state index in [1.807, 2.05) is 0 Å². The Kier molecular flexibility index (Phi) is 2.63. The first-order valence-corrected chi connectivity index (χ1v) is 5.43. The molecule has 1 nitrogen and oxygen atoms in total. The first kappa shape index (κ1) is 10.0. The van der Waals surface area contributed by atoms with Gasteiger partial charge in [0.15, 0.2) is 0 Å². The maximum atomic E-state index is 4.05. The van der Waals surface area contributed by atoms with Crippen molar-refractivity contribution in [1.82, 2.24) is 4.57 Å². The van der Waals surface area contributed by atoms with Gasteiger partial charge in [0, 0.05) is 18.3 Å². The predicted octanol–water partition coefficient (Wildman–Crippen LogP) is 3.92. The van der Waals surface area contributed by atoms with E-state index in [2.05, 4.69) is 55.5 Å². The molecule has 15 heavy (non-hydrogen) atoms. The van der Waals surface area contributed by atoms with Crippen LogP contribution >= 0.6 is 0 Å². The van der Waals surface area contributed by atoms with Gasteiger partial charge in [-0.25, -0.2) is 0 Å². The zero-order valence-corrected chi connectivity index (χ0v) is 9.46. The van der Waals surface area contributed by atoms with Crippen molar-refractivity contribution >= 4 is 10.9 Å². The number of allylic oxidation sites excluding steroid dienone is 1. The Balaban J connectivity index is 2.41. The molecule has 78 valence electrons. The minimum atomic E-state index is 0.934. The Morgan fingerprint density at radius 2 is 2.13 bits per heavy atom. The van der Waals surface area contributed by atoms with Gasteiger partial charge in [0.05, 0.1) is 0 Å². The number of hydrogen-bond acceptors (Lipinski definition) is 0. The van der Waals surface area contributed by atoms with E-state index < -0.39 is 0 Å². The number of benzene rings is 1. The molecule has 2 rings (SSSR count). The third-order valence-corrected chi connectivity index (χ3v) is 2.82. The average molecular weight is 199 g/mol. The van der Waals surface area contributed by atoms with Crippen LogP contribution in [0.1, 0.15) is 18.9 Å². The molecule has 1 aromatic heterocycles. The number of nitrogens with zero attached hydrogens (tertiary/aromatic N) is 1. The standard InChI is InChI=1S/C14H17N/c1-4-11(2)10-15-8-7-13-9-12(3)5-6-14(13)15/h5-9H,2,4,10H2,1,3H3. The molecule has 0 N–H and O–H groups in total. The molecular formula is C14H17N. The normalized spacial score (nSPS) is 10.8. The van der Waals surface area contributed by atoms with E-state index in [4.69, 9.17) is 0 Å². The van der Waals surface area contributed by atoms with Crippen molar-refractivity contribution in [2.24, 2.45) is 0 Å². The van der Waals surface area contributed by atoms with Gasteiger partial charge in [0.1, 0.15) is 0 Å². The van der Waals surface area contributed by atoms with Gasteiger partial charge < -0.3 is 4.57 Å². The Labute approximate surface area is 91.0 Å². The molecule has 0 aliphatic rings. The van der Waals surface area contributed by atoms with Gasteiger partial charge in [0.25, 0.3) is 0 Å². The largest absolute Gasteiger partial charge is 0.343 e. The van der Waals surface area contributed by atoms with Crippen LogP contribution in [-0.4, -0.2) is 4.57 Å². The van der Waals surface area contributed by atoms with Crippen LogP contribution in [0.3, 0.4) is 0 Å². The van der Waals surface area contributed by atoms with Gasteiger partial charge >= 0.3 is 0 Å². The van der Waals surface area contributed by atoms with Gasteiger partial charge in [-0.05, 0) is 36.9 Å². The van der Waals surface area contributed by atoms with Crippen molar-refractivity contribution in [2.75, 3.05) is 0 Å². The molecule has 2 aromatic rings. The van der Waals surface area contributed by atoms with E-state index in [1.54, 1.807) is 0 Å². The van der Waals surface area contributed by atoms with Crippen LogP contribution in [0.4, 0.5) is 0 Å². The van der Waals surface area contributed by atoms with Crippen LogP contribution < -0.4 is 0 Å². The van der Waals surface area contributed by atoms with Crippen LogP contribution in [-0.2, 0) is 6.54 Å². The zero-order chi connectivity index (χ0) is 10.8. The van der Waals surface area contributed by atoms with Crippen molar-refractivity contribution < 1.29 is 0 Å². The summed E-state index contributed by atoms with van der Waals surface area (Å²) >= 11 is 0. The summed E-state index contributed by atoms with van der Waals surface area (Å²) in [6, 6.07) is 8.74. The highest BCUT2D eigenvalue weighted by atomic mass is 14.9. The maximum absolute atomic E-state index is 4.05. The second kappa shape index (κ2) is 3.93. The number of hydrogen-bond donors (Lipinski definition) is 0. The molecule has 0 aliphatic heterocycles. The molecule has 1 heterocycles. The molecule has 0 radical (unpaired) electrons. The summed E-state index contributed by atoms with van der Waals surface area (Å²) in [5, 5.41) is 1.32. The molecule has 0 saturated carbocycles. The van der Waals surface area contributed by atoms with Crippen molar-refractivity contribution in [3.63, 3.8) is 0 Å². The summed E-state index contributed by atoms with van der Waals surface area (Å²) in [5.41, 5.74) is 3.89. The highest BCUT2D eigenvalue weighted by Gasteiger charge is 2.01. The van der Waals surface area contributed by atoms with Crippen LogP contribution in [0.2, 0.25) is 0 Å². The van der Waals surface area contributed by atoms with Gasteiger partial charge in [-0.2, -0.15) is 0 Å². The monoisotopic (exact) mass is 199 g/mol. The van der Waals surface area contributed by atoms with Crippen LogP contribution in [0.15, 0.2) is 42.6 Å². The van der Waals surface area contributed by atoms with E-state index in [0.717, 1.165) is 13.0 Å². The molecule has 0 aliphatic carbocycles. The van der Waals surface area contributed by atoms with E-state index in [-0.39, 0.29) is 0 Å². The zero-order valence-electron chi connectivity index (χ0n) is 9.46. The Hall–Kier alpha value is -1.50. The smallest absolute Gasteiger partial charge is 0.0483 e. The molecule has 1 aromatic carbocycles. The van der Waals surface area contributed by atoms with Crippen LogP contribution in [0.25, 0.3) is 10.9 Å². The van der Waals surface area contributed by atoms with Crippen molar-refractivity contribution in [1.29, 1.82) is 0 Å². The van der Waals surface area contributed by atoms with Gasteiger partial charge in [-0.3, -0.25) is 0 Å². The topological polar surface area (TPSA) is 4.93 Å². The predicted molar refractivity (Wildman–Crippen MR) is 66.1 cm³/mol. The maximum Gasteiger partial charge on any atom is 0.0483 e. The molecule has 1 heteroatoms. The third kappa shape index (κ3) is 1.96. The summed E-state index contributed by atoms with van der Waals surface area (Å²) in [6.07, 6.45) is 3.19. The van der Waals surface area contributed by atoms with Crippen molar-refractivity contribution in [3.8, 4) is 0 Å². The lowest BCUT2D eigenvalue weighted by Crippen LogP contribution is -1.97. The summed E-state index contributed by atoms with van der Waals surface area (Å²) in [5.74, 6) is 0. The summed E-state index contributed by atoms with van der Waals surface area (Å²) in [7, 11) is 0. The van der Waals surface area contributed by atoms with Crippen molar-refractivity contribution in [3.05, 3.63) is 48.2 Å². The second-order valence-corrected chi connectivity index (χ2v) is 4.11. The highest BCUT2D eigenvalue weighted by Crippen LogP contribution is 2.18. The Bertz CT molecular complexity index is 491. The number of rotatable bonds is 3. The number of fused-ring (bicyclic) bond motifs is 1. The lowest BCUT2D eigenvalue weighted by atomic mass is 10.2. The highest BCUT2D eigenvalue weighted by molar-refractivity contribution is 5.80. The summed E-state index contributed by atoms with van der Waals surface area (Å²) < 4.78 is 2.26. The first-order chi connectivity index (χ1) is 7.20. The van der Waals surface area contributed by atoms with E-state index in [0.29, 0.717) is 0 Å². The first-order valence-electron chi connectivity index (χ1n) is 5.43. The molecule has 0 fully saturated rings. The minimum Gasteiger partial charge on any atom is -0.343 e. The van der Waals surface area contributed by atoms with Gasteiger partial charge in [0.2, 0.25) is 0 Å². The number of aryl methyl sites for hydroxylation is 1. The molecular weight excluding hydrogens is 182 g/mol. The third-order valence-electron chi connectivity index (χ3n) is 2.82. The van der Waals surface area contributed by atoms with Gasteiger partial charge in [-0.1, -0.05) is 30.7 Å². The van der Waals surface area contributed by atoms with E-state index >= 15 is 0 Å². The van der Waals surface area contributed by atoms with Crippen LogP contribution in [0, 0.1) is 6.92 Å². The fraction of sp³-hybridized carbons (Fsp3) is 0.286. The molecule has 0 saturated heterocycles. The summed E-state index contributed by atoms with van der Waals surface area (Å²) in [4.78, 5) is 0. The van der Waals surface area contributed by atoms with E-state index in [1.165, 1.54) is 22.0 Å². The molecule has 0 unspecified atom stereocenters. The minimum absolute atomic E-state index is 0.934. The number of aromatic nitrogens is 1. The lowest BCUT2D eigenvalue weighted by Gasteiger charge is -2.06. The SMILES string of the molecule is C=C(CC)Cn1ccc2cc(C)ccc21. The summed E-state index contributed by atoms with van der Waals surface area (Å²) in [6.45, 7) is 9.26. The molecule has 0 amide bonds. The molecule has 0 bridgehead atoms. The van der Waals surface area contributed by atoms with Crippen molar-refractivity contribution in [2.45, 2.75) is 26.8 Å². The fourth-order valence-electron chi connectivity index (χ4n) is 1.81. The lowest BCUT2D eigenvalue weighted by molar-refractivity contribution is 0.790. The average Bonchev–Trinajstić information content (AvgIpc) is 2.60.